The first-order chi connectivity index (χ1) is 9.41. The minimum Gasteiger partial charge on any atom is -0.326 e. The van der Waals surface area contributed by atoms with Crippen molar-refractivity contribution in [1.82, 2.24) is 0 Å². The fraction of sp³-hybridized carbons (Fsp3) is 0.833. The monoisotopic (exact) mass is 266 g/mol. The molecule has 0 aromatic heterocycles. The molecule has 0 aromatic rings. The Balaban J connectivity index is 3.01. The van der Waals surface area contributed by atoms with Crippen molar-refractivity contribution in [2.24, 2.45) is 5.73 Å². The molecule has 0 heterocycles. The fourth-order valence-electron chi connectivity index (χ4n) is 2.33. The van der Waals surface area contributed by atoms with Crippen molar-refractivity contribution >= 4 is 0 Å². The van der Waals surface area contributed by atoms with Gasteiger partial charge in [0.25, 0.3) is 0 Å². The molecule has 0 saturated carbocycles. The van der Waals surface area contributed by atoms with Crippen LogP contribution < -0.4 is 5.73 Å². The molecule has 0 aromatic carbocycles. The zero-order valence-corrected chi connectivity index (χ0v) is 13.2. The zero-order chi connectivity index (χ0) is 14.0. The van der Waals surface area contributed by atoms with Crippen molar-refractivity contribution < 1.29 is 0 Å². The number of hydrogen-bond donors (Lipinski definition) is 1. The predicted octanol–water partition coefficient (Wildman–Crippen LogP) is 6.14. The van der Waals surface area contributed by atoms with Crippen LogP contribution in [0.5, 0.6) is 0 Å². The number of rotatable bonds is 15. The molecule has 0 saturated heterocycles. The first-order valence-corrected chi connectivity index (χ1v) is 8.60. The molecule has 0 unspecified atom stereocenters. The van der Waals surface area contributed by atoms with E-state index in [9.17, 15) is 0 Å². The maximum atomic E-state index is 5.35. The van der Waals surface area contributed by atoms with E-state index in [-0.39, 0.29) is 0 Å². The molecule has 19 heavy (non-hydrogen) atoms. The van der Waals surface area contributed by atoms with E-state index >= 15 is 0 Å². The van der Waals surface area contributed by atoms with Crippen LogP contribution in [0.2, 0.25) is 0 Å². The van der Waals surface area contributed by atoms with E-state index in [0.717, 1.165) is 6.42 Å². The minimum absolute atomic E-state index is 1.08. The van der Waals surface area contributed by atoms with Crippen molar-refractivity contribution in [3.63, 3.8) is 0 Å². The van der Waals surface area contributed by atoms with Gasteiger partial charge in [0, 0.05) is 6.54 Å². The summed E-state index contributed by atoms with van der Waals surface area (Å²) in [6.07, 6.45) is 23.6. The molecule has 0 atom stereocenters. The quantitative estimate of drug-likeness (QED) is 0.279. The fourth-order valence-corrected chi connectivity index (χ4v) is 2.33. The normalized spacial score (nSPS) is 11.5. The number of nitrogens with two attached hydrogens (primary N) is 1. The number of hydrogen-bond acceptors (Lipinski definition) is 1. The third kappa shape index (κ3) is 17.7. The van der Waals surface area contributed by atoms with Crippen LogP contribution in [0.15, 0.2) is 12.2 Å². The maximum Gasteiger partial charge on any atom is 0.0192 e. The first kappa shape index (κ1) is 18.7. The summed E-state index contributed by atoms with van der Waals surface area (Å²) in [5.74, 6) is 0. The van der Waals surface area contributed by atoms with E-state index in [1.165, 1.54) is 83.5 Å². The van der Waals surface area contributed by atoms with Crippen molar-refractivity contribution in [2.75, 3.05) is 0 Å². The van der Waals surface area contributed by atoms with Crippen molar-refractivity contribution in [3.05, 3.63) is 18.7 Å². The summed E-state index contributed by atoms with van der Waals surface area (Å²) in [6.45, 7) is 4.06. The van der Waals surface area contributed by atoms with Crippen LogP contribution in [0.1, 0.15) is 96.8 Å². The molecule has 0 aliphatic rings. The van der Waals surface area contributed by atoms with Crippen LogP contribution in [0.25, 0.3) is 0 Å². The molecular weight excluding hydrogens is 230 g/mol. The van der Waals surface area contributed by atoms with Crippen LogP contribution in [0.4, 0.5) is 0 Å². The highest BCUT2D eigenvalue weighted by Crippen LogP contribution is 2.09. The smallest absolute Gasteiger partial charge is 0.0192 e. The summed E-state index contributed by atoms with van der Waals surface area (Å²) in [4.78, 5) is 0. The van der Waals surface area contributed by atoms with Crippen molar-refractivity contribution in [3.8, 4) is 0 Å². The SMILES string of the molecule is CCCCCCCC/C=C\CCCCCCC[CH]N. The Bertz CT molecular complexity index is 175. The van der Waals surface area contributed by atoms with Gasteiger partial charge >= 0.3 is 0 Å². The van der Waals surface area contributed by atoms with Gasteiger partial charge in [0.05, 0.1) is 0 Å². The molecule has 0 spiro atoms. The summed E-state index contributed by atoms with van der Waals surface area (Å²) in [6, 6.07) is 0. The van der Waals surface area contributed by atoms with E-state index in [0.29, 0.717) is 0 Å². The van der Waals surface area contributed by atoms with Gasteiger partial charge in [0.1, 0.15) is 0 Å². The van der Waals surface area contributed by atoms with Crippen LogP contribution in [-0.2, 0) is 0 Å². The standard InChI is InChI=1S/C18H36N/c1-2-3-4-5-6-7-8-9-10-11-12-13-14-15-16-17-18-19/h9-10,18H,2-8,11-17,19H2,1H3/b10-9-. The van der Waals surface area contributed by atoms with Crippen LogP contribution in [0, 0.1) is 6.54 Å². The lowest BCUT2D eigenvalue weighted by Gasteiger charge is -1.99. The lowest BCUT2D eigenvalue weighted by atomic mass is 10.1. The Morgan fingerprint density at radius 3 is 1.47 bits per heavy atom. The Hall–Kier alpha value is -0.300. The third-order valence-electron chi connectivity index (χ3n) is 3.63. The number of allylic oxidation sites excluding steroid dienone is 2. The van der Waals surface area contributed by atoms with Gasteiger partial charge in [-0.2, -0.15) is 0 Å². The Labute approximate surface area is 122 Å². The van der Waals surface area contributed by atoms with E-state index < -0.39 is 0 Å². The maximum absolute atomic E-state index is 5.35. The largest absolute Gasteiger partial charge is 0.326 e. The molecule has 0 aliphatic carbocycles. The minimum atomic E-state index is 1.08. The van der Waals surface area contributed by atoms with Crippen molar-refractivity contribution in [2.45, 2.75) is 96.8 Å². The van der Waals surface area contributed by atoms with Crippen LogP contribution in [0.3, 0.4) is 0 Å². The molecule has 1 nitrogen and oxygen atoms in total. The summed E-state index contributed by atoms with van der Waals surface area (Å²) >= 11 is 0. The highest BCUT2D eigenvalue weighted by molar-refractivity contribution is 4.81. The molecular formula is C18H36N. The Kier molecular flexibility index (Phi) is 17.4. The molecule has 0 aliphatic heterocycles. The summed E-state index contributed by atoms with van der Waals surface area (Å²) < 4.78 is 0. The average molecular weight is 266 g/mol. The van der Waals surface area contributed by atoms with Gasteiger partial charge in [-0.15, -0.1) is 0 Å². The highest BCUT2D eigenvalue weighted by atomic mass is 14.5. The van der Waals surface area contributed by atoms with E-state index in [1.54, 1.807) is 6.54 Å². The molecule has 1 radical (unpaired) electrons. The van der Waals surface area contributed by atoms with Gasteiger partial charge in [-0.1, -0.05) is 76.9 Å². The summed E-state index contributed by atoms with van der Waals surface area (Å²) in [7, 11) is 0. The molecule has 0 amide bonds. The first-order valence-electron chi connectivity index (χ1n) is 8.60. The lowest BCUT2D eigenvalue weighted by Crippen LogP contribution is -1.89. The van der Waals surface area contributed by atoms with E-state index in [4.69, 9.17) is 5.73 Å². The topological polar surface area (TPSA) is 26.0 Å². The zero-order valence-electron chi connectivity index (χ0n) is 13.2. The number of unbranched alkanes of at least 4 members (excludes halogenated alkanes) is 12. The summed E-state index contributed by atoms with van der Waals surface area (Å²) in [5, 5.41) is 0. The van der Waals surface area contributed by atoms with Crippen LogP contribution >= 0.6 is 0 Å². The molecule has 0 fully saturated rings. The van der Waals surface area contributed by atoms with Crippen molar-refractivity contribution in [1.29, 1.82) is 0 Å². The predicted molar refractivity (Wildman–Crippen MR) is 87.9 cm³/mol. The van der Waals surface area contributed by atoms with Gasteiger partial charge in [-0.25, -0.2) is 0 Å². The Morgan fingerprint density at radius 2 is 1.00 bits per heavy atom. The molecule has 0 bridgehead atoms. The van der Waals surface area contributed by atoms with Crippen LogP contribution in [-0.4, -0.2) is 0 Å². The molecule has 113 valence electrons. The second-order valence-corrected chi connectivity index (χ2v) is 5.61. The second-order valence-electron chi connectivity index (χ2n) is 5.61. The molecule has 2 N–H and O–H groups in total. The van der Waals surface area contributed by atoms with Gasteiger partial charge < -0.3 is 5.73 Å². The summed E-state index contributed by atoms with van der Waals surface area (Å²) in [5.41, 5.74) is 5.35. The Morgan fingerprint density at radius 1 is 0.579 bits per heavy atom. The van der Waals surface area contributed by atoms with Gasteiger partial charge in [0.15, 0.2) is 0 Å². The lowest BCUT2D eigenvalue weighted by molar-refractivity contribution is 0.608. The van der Waals surface area contributed by atoms with Gasteiger partial charge in [-0.05, 0) is 32.1 Å². The molecule has 0 rings (SSSR count). The van der Waals surface area contributed by atoms with E-state index in [2.05, 4.69) is 19.1 Å². The highest BCUT2D eigenvalue weighted by Gasteiger charge is 1.90. The average Bonchev–Trinajstić information content (AvgIpc) is 2.43. The van der Waals surface area contributed by atoms with E-state index in [1.807, 2.05) is 0 Å². The second kappa shape index (κ2) is 17.7. The van der Waals surface area contributed by atoms with Gasteiger partial charge in [0.2, 0.25) is 0 Å². The van der Waals surface area contributed by atoms with Gasteiger partial charge in [-0.3, -0.25) is 0 Å². The third-order valence-corrected chi connectivity index (χ3v) is 3.63. The molecule has 1 heteroatoms.